The van der Waals surface area contributed by atoms with Gasteiger partial charge in [0.2, 0.25) is 0 Å². The molecule has 0 bridgehead atoms. The van der Waals surface area contributed by atoms with Gasteiger partial charge in [-0.05, 0) is 67.8 Å². The number of fused-ring (bicyclic) bond motifs is 1. The second-order valence-corrected chi connectivity index (χ2v) is 8.77. The Morgan fingerprint density at radius 3 is 2.29 bits per heavy atom. The number of aromatic nitrogens is 2. The van der Waals surface area contributed by atoms with E-state index in [1.54, 1.807) is 35.9 Å². The maximum atomic E-state index is 13.6. The van der Waals surface area contributed by atoms with Crippen LogP contribution in [0.4, 0.5) is 0 Å². The fourth-order valence-electron chi connectivity index (χ4n) is 4.52. The van der Waals surface area contributed by atoms with Crippen LogP contribution in [-0.4, -0.2) is 54.4 Å². The van der Waals surface area contributed by atoms with E-state index in [4.69, 9.17) is 25.8 Å². The number of ether oxygens (including phenoxy) is 3. The number of nitrogens with zero attached hydrogens (tertiary/aromatic N) is 3. The third-order valence-electron chi connectivity index (χ3n) is 6.41. The molecule has 2 aromatic carbocycles. The van der Waals surface area contributed by atoms with Crippen molar-refractivity contribution >= 4 is 23.5 Å². The first-order chi connectivity index (χ1) is 16.8. The van der Waals surface area contributed by atoms with Crippen LogP contribution in [0.15, 0.2) is 36.4 Å². The lowest BCUT2D eigenvalue weighted by atomic mass is 9.89. The van der Waals surface area contributed by atoms with Gasteiger partial charge in [0.15, 0.2) is 11.5 Å². The SMILES string of the molecule is COC(=O)C[C@@H]1c2cc(OC)c(OC)cc2CCN1C(=O)c1ccc(-n2nc(C)c(Cl)c2C)cc1. The van der Waals surface area contributed by atoms with E-state index in [1.165, 1.54) is 7.11 Å². The van der Waals surface area contributed by atoms with Crippen LogP contribution in [-0.2, 0) is 16.0 Å². The minimum Gasteiger partial charge on any atom is -0.493 e. The Balaban J connectivity index is 1.68. The van der Waals surface area contributed by atoms with Gasteiger partial charge in [0.1, 0.15) is 0 Å². The second kappa shape index (κ2) is 10.00. The number of esters is 1. The molecular formula is C26H28ClN3O5. The van der Waals surface area contributed by atoms with Crippen molar-refractivity contribution in [2.75, 3.05) is 27.9 Å². The lowest BCUT2D eigenvalue weighted by Gasteiger charge is -2.37. The molecule has 0 N–H and O–H groups in total. The normalized spacial score (nSPS) is 14.9. The van der Waals surface area contributed by atoms with Gasteiger partial charge in [0.05, 0.1) is 55.9 Å². The summed E-state index contributed by atoms with van der Waals surface area (Å²) in [6.07, 6.45) is 0.661. The molecule has 8 nitrogen and oxygen atoms in total. The fourth-order valence-corrected chi connectivity index (χ4v) is 4.64. The Hall–Kier alpha value is -3.52. The molecule has 0 unspecified atom stereocenters. The Morgan fingerprint density at radius 1 is 1.06 bits per heavy atom. The highest BCUT2D eigenvalue weighted by Crippen LogP contribution is 2.40. The topological polar surface area (TPSA) is 82.9 Å². The zero-order valence-corrected chi connectivity index (χ0v) is 21.2. The minimum atomic E-state index is -0.493. The Bertz CT molecular complexity index is 1270. The highest BCUT2D eigenvalue weighted by atomic mass is 35.5. The quantitative estimate of drug-likeness (QED) is 0.467. The van der Waals surface area contributed by atoms with E-state index < -0.39 is 12.0 Å². The first kappa shape index (κ1) is 24.6. The average Bonchev–Trinajstić information content (AvgIpc) is 3.14. The van der Waals surface area contributed by atoms with Crippen molar-refractivity contribution in [2.24, 2.45) is 0 Å². The van der Waals surface area contributed by atoms with Crippen molar-refractivity contribution in [3.63, 3.8) is 0 Å². The standard InChI is InChI=1S/C26H28ClN3O5/c1-15-25(27)16(2)30(28-15)19-8-6-17(7-9-19)26(32)29-11-10-18-12-22(33-3)23(34-4)13-20(18)21(29)14-24(31)35-5/h6-9,12-13,21H,10-11,14H2,1-5H3/t21-/m1/s1. The number of aryl methyl sites for hydroxylation is 1. The number of benzene rings is 2. The Morgan fingerprint density at radius 2 is 1.71 bits per heavy atom. The summed E-state index contributed by atoms with van der Waals surface area (Å²) in [7, 11) is 4.48. The molecule has 1 aromatic heterocycles. The van der Waals surface area contributed by atoms with Crippen LogP contribution in [0.2, 0.25) is 5.02 Å². The molecule has 1 atom stereocenters. The number of carbonyl (C=O) groups excluding carboxylic acids is 2. The van der Waals surface area contributed by atoms with E-state index in [0.717, 1.165) is 28.2 Å². The van der Waals surface area contributed by atoms with Crippen LogP contribution in [0.1, 0.15) is 45.3 Å². The van der Waals surface area contributed by atoms with Gasteiger partial charge in [-0.15, -0.1) is 0 Å². The Labute approximate surface area is 209 Å². The number of hydrogen-bond donors (Lipinski definition) is 0. The van der Waals surface area contributed by atoms with Gasteiger partial charge < -0.3 is 19.1 Å². The van der Waals surface area contributed by atoms with E-state index in [9.17, 15) is 9.59 Å². The molecule has 2 heterocycles. The Kier molecular flexibility index (Phi) is 7.03. The predicted molar refractivity (Wildman–Crippen MR) is 132 cm³/mol. The molecule has 35 heavy (non-hydrogen) atoms. The number of carbonyl (C=O) groups is 2. The van der Waals surface area contributed by atoms with E-state index in [1.807, 2.05) is 38.1 Å². The highest BCUT2D eigenvalue weighted by molar-refractivity contribution is 6.31. The molecule has 184 valence electrons. The maximum Gasteiger partial charge on any atom is 0.307 e. The summed E-state index contributed by atoms with van der Waals surface area (Å²) < 4.78 is 17.6. The van der Waals surface area contributed by atoms with Gasteiger partial charge in [0.25, 0.3) is 5.91 Å². The summed E-state index contributed by atoms with van der Waals surface area (Å²) >= 11 is 6.28. The second-order valence-electron chi connectivity index (χ2n) is 8.39. The summed E-state index contributed by atoms with van der Waals surface area (Å²) in [5.41, 5.74) is 4.76. The summed E-state index contributed by atoms with van der Waals surface area (Å²) in [6, 6.07) is 10.5. The van der Waals surface area contributed by atoms with Crippen LogP contribution < -0.4 is 9.47 Å². The monoisotopic (exact) mass is 497 g/mol. The number of amides is 1. The van der Waals surface area contributed by atoms with Crippen LogP contribution in [0, 0.1) is 13.8 Å². The molecule has 0 saturated heterocycles. The highest BCUT2D eigenvalue weighted by Gasteiger charge is 2.34. The average molecular weight is 498 g/mol. The molecule has 0 saturated carbocycles. The van der Waals surface area contributed by atoms with Crippen LogP contribution in [0.5, 0.6) is 11.5 Å². The molecule has 0 aliphatic carbocycles. The first-order valence-corrected chi connectivity index (χ1v) is 11.6. The van der Waals surface area contributed by atoms with E-state index in [0.29, 0.717) is 35.1 Å². The molecule has 0 radical (unpaired) electrons. The van der Waals surface area contributed by atoms with E-state index in [2.05, 4.69) is 5.10 Å². The summed E-state index contributed by atoms with van der Waals surface area (Å²) in [5, 5.41) is 5.09. The molecule has 3 aromatic rings. The van der Waals surface area contributed by atoms with Crippen LogP contribution in [0.3, 0.4) is 0 Å². The van der Waals surface area contributed by atoms with Crippen molar-refractivity contribution in [1.29, 1.82) is 0 Å². The summed E-state index contributed by atoms with van der Waals surface area (Å²) in [6.45, 7) is 4.20. The minimum absolute atomic E-state index is 0.0348. The van der Waals surface area contributed by atoms with Gasteiger partial charge in [0, 0.05) is 12.1 Å². The molecule has 1 aliphatic rings. The number of methoxy groups -OCH3 is 3. The zero-order valence-electron chi connectivity index (χ0n) is 20.4. The van der Waals surface area contributed by atoms with Gasteiger partial charge in [-0.1, -0.05) is 11.6 Å². The third kappa shape index (κ3) is 4.58. The van der Waals surface area contributed by atoms with E-state index in [-0.39, 0.29) is 12.3 Å². The summed E-state index contributed by atoms with van der Waals surface area (Å²) in [5.74, 6) is 0.593. The lowest BCUT2D eigenvalue weighted by Crippen LogP contribution is -2.41. The first-order valence-electron chi connectivity index (χ1n) is 11.2. The zero-order chi connectivity index (χ0) is 25.3. The smallest absolute Gasteiger partial charge is 0.307 e. The van der Waals surface area contributed by atoms with Gasteiger partial charge in [-0.25, -0.2) is 4.68 Å². The molecular weight excluding hydrogens is 470 g/mol. The molecule has 1 amide bonds. The van der Waals surface area contributed by atoms with Gasteiger partial charge in [-0.3, -0.25) is 9.59 Å². The number of rotatable bonds is 6. The molecule has 4 rings (SSSR count). The van der Waals surface area contributed by atoms with Gasteiger partial charge in [-0.2, -0.15) is 5.10 Å². The van der Waals surface area contributed by atoms with Crippen molar-refractivity contribution in [1.82, 2.24) is 14.7 Å². The molecule has 0 spiro atoms. The lowest BCUT2D eigenvalue weighted by molar-refractivity contribution is -0.141. The van der Waals surface area contributed by atoms with Crippen molar-refractivity contribution in [3.8, 4) is 17.2 Å². The van der Waals surface area contributed by atoms with Crippen molar-refractivity contribution < 1.29 is 23.8 Å². The molecule has 0 fully saturated rings. The fraction of sp³-hybridized carbons (Fsp3) is 0.346. The number of hydrogen-bond acceptors (Lipinski definition) is 6. The van der Waals surface area contributed by atoms with Crippen molar-refractivity contribution in [3.05, 3.63) is 69.5 Å². The number of halogens is 1. The molecule has 9 heteroatoms. The van der Waals surface area contributed by atoms with Crippen LogP contribution in [0.25, 0.3) is 5.69 Å². The largest absolute Gasteiger partial charge is 0.493 e. The van der Waals surface area contributed by atoms with Crippen molar-refractivity contribution in [2.45, 2.75) is 32.7 Å². The van der Waals surface area contributed by atoms with E-state index >= 15 is 0 Å². The predicted octanol–water partition coefficient (Wildman–Crippen LogP) is 4.46. The maximum absolute atomic E-state index is 13.6. The summed E-state index contributed by atoms with van der Waals surface area (Å²) in [4.78, 5) is 27.6. The molecule has 1 aliphatic heterocycles. The van der Waals surface area contributed by atoms with Crippen LogP contribution >= 0.6 is 11.6 Å². The third-order valence-corrected chi connectivity index (χ3v) is 6.96. The van der Waals surface area contributed by atoms with Gasteiger partial charge >= 0.3 is 5.97 Å².